The van der Waals surface area contributed by atoms with Crippen molar-refractivity contribution < 1.29 is 9.47 Å². The zero-order chi connectivity index (χ0) is 12.7. The van der Waals surface area contributed by atoms with Crippen LogP contribution in [0.4, 0.5) is 0 Å². The SMILES string of the molecule is COCCNC(C)C(C)c1cccc(OC)c1. The van der Waals surface area contributed by atoms with Gasteiger partial charge in [0.15, 0.2) is 0 Å². The summed E-state index contributed by atoms with van der Waals surface area (Å²) < 4.78 is 10.3. The van der Waals surface area contributed by atoms with Gasteiger partial charge in [0, 0.05) is 19.7 Å². The Morgan fingerprint density at radius 1 is 1.24 bits per heavy atom. The normalized spacial score (nSPS) is 14.4. The summed E-state index contributed by atoms with van der Waals surface area (Å²) >= 11 is 0. The third kappa shape index (κ3) is 4.36. The number of nitrogens with one attached hydrogen (secondary N) is 1. The number of methoxy groups -OCH3 is 2. The molecule has 0 fully saturated rings. The number of ether oxygens (including phenoxy) is 2. The molecule has 0 radical (unpaired) electrons. The molecule has 2 atom stereocenters. The minimum Gasteiger partial charge on any atom is -0.497 e. The van der Waals surface area contributed by atoms with E-state index in [4.69, 9.17) is 9.47 Å². The predicted octanol–water partition coefficient (Wildman–Crippen LogP) is 2.42. The van der Waals surface area contributed by atoms with Crippen molar-refractivity contribution in [2.24, 2.45) is 0 Å². The van der Waals surface area contributed by atoms with Gasteiger partial charge in [0.2, 0.25) is 0 Å². The summed E-state index contributed by atoms with van der Waals surface area (Å²) in [6, 6.07) is 8.66. The highest BCUT2D eigenvalue weighted by Gasteiger charge is 2.13. The van der Waals surface area contributed by atoms with Crippen LogP contribution in [-0.4, -0.2) is 33.4 Å². The van der Waals surface area contributed by atoms with Gasteiger partial charge >= 0.3 is 0 Å². The molecule has 17 heavy (non-hydrogen) atoms. The second-order valence-corrected chi connectivity index (χ2v) is 4.30. The molecule has 0 spiro atoms. The maximum Gasteiger partial charge on any atom is 0.119 e. The zero-order valence-corrected chi connectivity index (χ0v) is 11.2. The Bertz CT molecular complexity index is 328. The fourth-order valence-electron chi connectivity index (χ4n) is 1.78. The lowest BCUT2D eigenvalue weighted by Crippen LogP contribution is -2.33. The molecule has 0 aliphatic carbocycles. The second-order valence-electron chi connectivity index (χ2n) is 4.30. The Morgan fingerprint density at radius 2 is 2.00 bits per heavy atom. The summed E-state index contributed by atoms with van der Waals surface area (Å²) in [7, 11) is 3.42. The monoisotopic (exact) mass is 237 g/mol. The molecule has 3 heteroatoms. The largest absolute Gasteiger partial charge is 0.497 e. The average molecular weight is 237 g/mol. The van der Waals surface area contributed by atoms with Gasteiger partial charge in [-0.25, -0.2) is 0 Å². The van der Waals surface area contributed by atoms with Gasteiger partial charge in [0.25, 0.3) is 0 Å². The van der Waals surface area contributed by atoms with Crippen molar-refractivity contribution in [3.63, 3.8) is 0 Å². The molecule has 0 bridgehead atoms. The minimum absolute atomic E-state index is 0.414. The zero-order valence-electron chi connectivity index (χ0n) is 11.2. The Kier molecular flexibility index (Phi) is 6.01. The topological polar surface area (TPSA) is 30.5 Å². The van der Waals surface area contributed by atoms with Gasteiger partial charge in [0.1, 0.15) is 5.75 Å². The van der Waals surface area contributed by atoms with E-state index in [9.17, 15) is 0 Å². The van der Waals surface area contributed by atoms with Crippen LogP contribution in [0.1, 0.15) is 25.3 Å². The summed E-state index contributed by atoms with van der Waals surface area (Å²) in [6.45, 7) is 6.04. The predicted molar refractivity (Wildman–Crippen MR) is 70.7 cm³/mol. The van der Waals surface area contributed by atoms with Crippen molar-refractivity contribution in [2.75, 3.05) is 27.4 Å². The van der Waals surface area contributed by atoms with E-state index in [0.29, 0.717) is 12.0 Å². The summed E-state index contributed by atoms with van der Waals surface area (Å²) in [5, 5.41) is 3.45. The summed E-state index contributed by atoms with van der Waals surface area (Å²) in [5.74, 6) is 1.36. The summed E-state index contributed by atoms with van der Waals surface area (Å²) in [6.07, 6.45) is 0. The fourth-order valence-corrected chi connectivity index (χ4v) is 1.78. The molecule has 0 heterocycles. The number of benzene rings is 1. The van der Waals surface area contributed by atoms with Gasteiger partial charge in [-0.2, -0.15) is 0 Å². The van der Waals surface area contributed by atoms with E-state index in [1.54, 1.807) is 14.2 Å². The van der Waals surface area contributed by atoms with Gasteiger partial charge in [-0.1, -0.05) is 19.1 Å². The smallest absolute Gasteiger partial charge is 0.119 e. The molecule has 1 N–H and O–H groups in total. The van der Waals surface area contributed by atoms with E-state index >= 15 is 0 Å². The first-order chi connectivity index (χ1) is 8.19. The van der Waals surface area contributed by atoms with E-state index in [-0.39, 0.29) is 0 Å². The second kappa shape index (κ2) is 7.30. The third-order valence-electron chi connectivity index (χ3n) is 3.14. The van der Waals surface area contributed by atoms with Gasteiger partial charge < -0.3 is 14.8 Å². The molecule has 0 saturated carbocycles. The van der Waals surface area contributed by atoms with Crippen molar-refractivity contribution in [1.82, 2.24) is 5.32 Å². The lowest BCUT2D eigenvalue weighted by atomic mass is 9.94. The van der Waals surface area contributed by atoms with E-state index < -0.39 is 0 Å². The first kappa shape index (κ1) is 14.0. The molecule has 3 nitrogen and oxygen atoms in total. The molecule has 0 aromatic heterocycles. The molecular weight excluding hydrogens is 214 g/mol. The molecule has 0 saturated heterocycles. The highest BCUT2D eigenvalue weighted by Crippen LogP contribution is 2.23. The summed E-state index contributed by atoms with van der Waals surface area (Å²) in [4.78, 5) is 0. The fraction of sp³-hybridized carbons (Fsp3) is 0.571. The molecule has 1 aromatic rings. The van der Waals surface area contributed by atoms with Gasteiger partial charge in [-0.15, -0.1) is 0 Å². The minimum atomic E-state index is 0.414. The standard InChI is InChI=1S/C14H23NO2/c1-11(12(2)15-8-9-16-3)13-6-5-7-14(10-13)17-4/h5-7,10-12,15H,8-9H2,1-4H3. The van der Waals surface area contributed by atoms with Gasteiger partial charge in [0.05, 0.1) is 13.7 Å². The maximum atomic E-state index is 5.24. The van der Waals surface area contributed by atoms with Crippen LogP contribution in [0.15, 0.2) is 24.3 Å². The van der Waals surface area contributed by atoms with Crippen LogP contribution < -0.4 is 10.1 Å². The van der Waals surface area contributed by atoms with E-state index in [1.807, 2.05) is 12.1 Å². The maximum absolute atomic E-state index is 5.24. The molecule has 0 aliphatic heterocycles. The van der Waals surface area contributed by atoms with E-state index in [0.717, 1.165) is 18.9 Å². The Labute approximate surface area is 104 Å². The molecule has 1 aromatic carbocycles. The lowest BCUT2D eigenvalue weighted by Gasteiger charge is -2.22. The van der Waals surface area contributed by atoms with E-state index in [1.165, 1.54) is 5.56 Å². The van der Waals surface area contributed by atoms with Gasteiger partial charge in [-0.3, -0.25) is 0 Å². The van der Waals surface area contributed by atoms with Crippen molar-refractivity contribution >= 4 is 0 Å². The highest BCUT2D eigenvalue weighted by atomic mass is 16.5. The number of hydrogen-bond acceptors (Lipinski definition) is 3. The molecule has 1 rings (SSSR count). The van der Waals surface area contributed by atoms with Crippen molar-refractivity contribution in [3.8, 4) is 5.75 Å². The Morgan fingerprint density at radius 3 is 2.65 bits per heavy atom. The van der Waals surface area contributed by atoms with Crippen molar-refractivity contribution in [1.29, 1.82) is 0 Å². The molecule has 96 valence electrons. The van der Waals surface area contributed by atoms with Crippen LogP contribution >= 0.6 is 0 Å². The average Bonchev–Trinajstić information content (AvgIpc) is 2.38. The number of hydrogen-bond donors (Lipinski definition) is 1. The third-order valence-corrected chi connectivity index (χ3v) is 3.14. The van der Waals surface area contributed by atoms with Crippen LogP contribution in [0, 0.1) is 0 Å². The van der Waals surface area contributed by atoms with Crippen molar-refractivity contribution in [2.45, 2.75) is 25.8 Å². The quantitative estimate of drug-likeness (QED) is 0.739. The molecule has 0 aliphatic rings. The molecule has 2 unspecified atom stereocenters. The van der Waals surface area contributed by atoms with Crippen LogP contribution in [0.3, 0.4) is 0 Å². The highest BCUT2D eigenvalue weighted by molar-refractivity contribution is 5.31. The first-order valence-corrected chi connectivity index (χ1v) is 6.05. The van der Waals surface area contributed by atoms with Crippen LogP contribution in [0.2, 0.25) is 0 Å². The van der Waals surface area contributed by atoms with Crippen LogP contribution in [-0.2, 0) is 4.74 Å². The summed E-state index contributed by atoms with van der Waals surface area (Å²) in [5.41, 5.74) is 1.29. The Hall–Kier alpha value is -1.06. The number of rotatable bonds is 7. The Balaban J connectivity index is 2.57. The van der Waals surface area contributed by atoms with Gasteiger partial charge in [-0.05, 0) is 30.5 Å². The van der Waals surface area contributed by atoms with Crippen molar-refractivity contribution in [3.05, 3.63) is 29.8 Å². The molecular formula is C14H23NO2. The van der Waals surface area contributed by atoms with Crippen LogP contribution in [0.5, 0.6) is 5.75 Å². The first-order valence-electron chi connectivity index (χ1n) is 6.05. The molecule has 0 amide bonds. The lowest BCUT2D eigenvalue weighted by molar-refractivity contribution is 0.195. The van der Waals surface area contributed by atoms with Crippen LogP contribution in [0.25, 0.3) is 0 Å². The van der Waals surface area contributed by atoms with E-state index in [2.05, 4.69) is 31.3 Å².